The molecule has 0 aliphatic heterocycles. The normalized spacial score (nSPS) is 11.3. The summed E-state index contributed by atoms with van der Waals surface area (Å²) in [6.45, 7) is 3.50. The SMILES string of the molecule is COC(=O)c1ccc(C(=O)OC)c(NC(=O)[C@H](C)Oc2cccc(C)c2)c1. The van der Waals surface area contributed by atoms with Crippen LogP contribution in [0.1, 0.15) is 33.2 Å². The molecule has 0 saturated carbocycles. The Morgan fingerprint density at radius 1 is 0.963 bits per heavy atom. The topological polar surface area (TPSA) is 90.9 Å². The fraction of sp³-hybridized carbons (Fsp3) is 0.250. The smallest absolute Gasteiger partial charge is 0.339 e. The first-order chi connectivity index (χ1) is 12.8. The number of amides is 1. The van der Waals surface area contributed by atoms with Gasteiger partial charge in [0.2, 0.25) is 0 Å². The standard InChI is InChI=1S/C20H21NO6/c1-12-6-5-7-15(10-12)27-13(2)18(22)21-17-11-14(19(23)25-3)8-9-16(17)20(24)26-4/h5-11,13H,1-4H3,(H,21,22)/t13-/m0/s1. The van der Waals surface area contributed by atoms with Gasteiger partial charge in [-0.3, -0.25) is 4.79 Å². The van der Waals surface area contributed by atoms with Crippen LogP contribution >= 0.6 is 0 Å². The van der Waals surface area contributed by atoms with Crippen molar-refractivity contribution in [3.8, 4) is 5.75 Å². The summed E-state index contributed by atoms with van der Waals surface area (Å²) in [5, 5.41) is 2.61. The lowest BCUT2D eigenvalue weighted by atomic mass is 10.1. The van der Waals surface area contributed by atoms with Gasteiger partial charge in [-0.05, 0) is 49.7 Å². The number of hydrogen-bond acceptors (Lipinski definition) is 6. The maximum atomic E-state index is 12.5. The summed E-state index contributed by atoms with van der Waals surface area (Å²) in [5.41, 5.74) is 1.43. The van der Waals surface area contributed by atoms with Gasteiger partial charge < -0.3 is 19.5 Å². The number of rotatable bonds is 6. The Labute approximate surface area is 157 Å². The Hall–Kier alpha value is -3.35. The van der Waals surface area contributed by atoms with Crippen LogP contribution in [0.25, 0.3) is 0 Å². The molecule has 7 heteroatoms. The highest BCUT2D eigenvalue weighted by Crippen LogP contribution is 2.21. The van der Waals surface area contributed by atoms with Gasteiger partial charge in [-0.2, -0.15) is 0 Å². The number of anilines is 1. The number of carbonyl (C=O) groups is 3. The highest BCUT2D eigenvalue weighted by Gasteiger charge is 2.21. The molecule has 142 valence electrons. The zero-order valence-electron chi connectivity index (χ0n) is 15.6. The molecular formula is C20H21NO6. The minimum atomic E-state index is -0.834. The molecule has 0 aliphatic carbocycles. The second kappa shape index (κ2) is 8.84. The number of nitrogens with one attached hydrogen (secondary N) is 1. The lowest BCUT2D eigenvalue weighted by Crippen LogP contribution is -2.31. The van der Waals surface area contributed by atoms with Gasteiger partial charge in [-0.15, -0.1) is 0 Å². The highest BCUT2D eigenvalue weighted by atomic mass is 16.5. The van der Waals surface area contributed by atoms with E-state index in [9.17, 15) is 14.4 Å². The van der Waals surface area contributed by atoms with E-state index in [0.29, 0.717) is 5.75 Å². The first-order valence-corrected chi connectivity index (χ1v) is 8.20. The van der Waals surface area contributed by atoms with Gasteiger partial charge in [0.25, 0.3) is 5.91 Å². The van der Waals surface area contributed by atoms with E-state index in [0.717, 1.165) is 5.56 Å². The van der Waals surface area contributed by atoms with Crippen LogP contribution in [0.4, 0.5) is 5.69 Å². The fourth-order valence-corrected chi connectivity index (χ4v) is 2.36. The Bertz CT molecular complexity index is 861. The number of aryl methyl sites for hydroxylation is 1. The van der Waals surface area contributed by atoms with Gasteiger partial charge in [0, 0.05) is 0 Å². The maximum Gasteiger partial charge on any atom is 0.339 e. The highest BCUT2D eigenvalue weighted by molar-refractivity contribution is 6.04. The van der Waals surface area contributed by atoms with Crippen molar-refractivity contribution in [3.05, 3.63) is 59.2 Å². The average Bonchev–Trinajstić information content (AvgIpc) is 2.66. The van der Waals surface area contributed by atoms with Crippen LogP contribution < -0.4 is 10.1 Å². The number of hydrogen-bond donors (Lipinski definition) is 1. The van der Waals surface area contributed by atoms with Crippen molar-refractivity contribution in [3.63, 3.8) is 0 Å². The van der Waals surface area contributed by atoms with Gasteiger partial charge in [-0.25, -0.2) is 9.59 Å². The second-order valence-corrected chi connectivity index (χ2v) is 5.81. The van der Waals surface area contributed by atoms with E-state index in [2.05, 4.69) is 10.1 Å². The average molecular weight is 371 g/mol. The summed E-state index contributed by atoms with van der Waals surface area (Å²) in [6, 6.07) is 11.5. The van der Waals surface area contributed by atoms with Crippen LogP contribution in [0.5, 0.6) is 5.75 Å². The Morgan fingerprint density at radius 2 is 1.67 bits per heavy atom. The number of benzene rings is 2. The predicted molar refractivity (Wildman–Crippen MR) is 99.0 cm³/mol. The van der Waals surface area contributed by atoms with Crippen molar-refractivity contribution >= 4 is 23.5 Å². The number of esters is 2. The monoisotopic (exact) mass is 371 g/mol. The second-order valence-electron chi connectivity index (χ2n) is 5.81. The van der Waals surface area contributed by atoms with Crippen LogP contribution in [0.15, 0.2) is 42.5 Å². The van der Waals surface area contributed by atoms with E-state index in [-0.39, 0.29) is 16.8 Å². The molecule has 0 aromatic heterocycles. The molecule has 0 spiro atoms. The van der Waals surface area contributed by atoms with E-state index >= 15 is 0 Å². The Kier molecular flexibility index (Phi) is 6.54. The Balaban J connectivity index is 2.23. The molecule has 1 N–H and O–H groups in total. The number of methoxy groups -OCH3 is 2. The van der Waals surface area contributed by atoms with Crippen molar-refractivity contribution in [2.45, 2.75) is 20.0 Å². The molecule has 1 atom stereocenters. The van der Waals surface area contributed by atoms with E-state index in [1.54, 1.807) is 13.0 Å². The van der Waals surface area contributed by atoms with Crippen LogP contribution in [0, 0.1) is 6.92 Å². The minimum Gasteiger partial charge on any atom is -0.481 e. The molecule has 2 aromatic carbocycles. The van der Waals surface area contributed by atoms with Gasteiger partial charge in [-0.1, -0.05) is 12.1 Å². The van der Waals surface area contributed by atoms with Crippen molar-refractivity contribution in [1.29, 1.82) is 0 Å². The lowest BCUT2D eigenvalue weighted by molar-refractivity contribution is -0.122. The van der Waals surface area contributed by atoms with Crippen LogP contribution in [0.2, 0.25) is 0 Å². The number of carbonyl (C=O) groups excluding carboxylic acids is 3. The molecule has 2 rings (SSSR count). The van der Waals surface area contributed by atoms with E-state index in [1.165, 1.54) is 32.4 Å². The minimum absolute atomic E-state index is 0.112. The molecule has 0 heterocycles. The molecule has 0 radical (unpaired) electrons. The van der Waals surface area contributed by atoms with Crippen molar-refractivity contribution in [2.24, 2.45) is 0 Å². The summed E-state index contributed by atoms with van der Waals surface area (Å²) in [6.07, 6.45) is -0.834. The first kappa shape index (κ1) is 20.0. The van der Waals surface area contributed by atoms with Crippen molar-refractivity contribution in [1.82, 2.24) is 0 Å². The molecule has 7 nitrogen and oxygen atoms in total. The van der Waals surface area contributed by atoms with Crippen molar-refractivity contribution < 1.29 is 28.6 Å². The zero-order chi connectivity index (χ0) is 20.0. The summed E-state index contributed by atoms with van der Waals surface area (Å²) < 4.78 is 15.0. The third-order valence-corrected chi connectivity index (χ3v) is 3.78. The molecule has 0 fully saturated rings. The molecule has 0 aliphatic rings. The third kappa shape index (κ3) is 5.07. The molecule has 2 aromatic rings. The fourth-order valence-electron chi connectivity index (χ4n) is 2.36. The van der Waals surface area contributed by atoms with Gasteiger partial charge in [0.15, 0.2) is 6.10 Å². The number of ether oxygens (including phenoxy) is 3. The maximum absolute atomic E-state index is 12.5. The van der Waals surface area contributed by atoms with E-state index in [4.69, 9.17) is 9.47 Å². The Morgan fingerprint density at radius 3 is 2.30 bits per heavy atom. The van der Waals surface area contributed by atoms with E-state index < -0.39 is 23.9 Å². The lowest BCUT2D eigenvalue weighted by Gasteiger charge is -2.17. The summed E-state index contributed by atoms with van der Waals surface area (Å²) >= 11 is 0. The van der Waals surface area contributed by atoms with Gasteiger partial charge in [0.05, 0.1) is 31.0 Å². The quantitative estimate of drug-likeness (QED) is 0.785. The zero-order valence-corrected chi connectivity index (χ0v) is 15.6. The summed E-state index contributed by atoms with van der Waals surface area (Å²) in [5.74, 6) is -1.17. The van der Waals surface area contributed by atoms with Gasteiger partial charge >= 0.3 is 11.9 Å². The summed E-state index contributed by atoms with van der Waals surface area (Å²) in [7, 11) is 2.47. The molecule has 0 bridgehead atoms. The largest absolute Gasteiger partial charge is 0.481 e. The van der Waals surface area contributed by atoms with Gasteiger partial charge in [0.1, 0.15) is 5.75 Å². The van der Waals surface area contributed by atoms with Crippen LogP contribution in [0.3, 0.4) is 0 Å². The molecule has 27 heavy (non-hydrogen) atoms. The molecule has 0 saturated heterocycles. The van der Waals surface area contributed by atoms with Crippen LogP contribution in [-0.4, -0.2) is 38.2 Å². The van der Waals surface area contributed by atoms with Crippen molar-refractivity contribution in [2.75, 3.05) is 19.5 Å². The molecule has 0 unspecified atom stereocenters. The summed E-state index contributed by atoms with van der Waals surface area (Å²) in [4.78, 5) is 36.2. The molecule has 1 amide bonds. The molecular weight excluding hydrogens is 350 g/mol. The van der Waals surface area contributed by atoms with Crippen LogP contribution in [-0.2, 0) is 14.3 Å². The predicted octanol–water partition coefficient (Wildman–Crippen LogP) is 2.97. The van der Waals surface area contributed by atoms with E-state index in [1.807, 2.05) is 25.1 Å². The third-order valence-electron chi connectivity index (χ3n) is 3.78. The first-order valence-electron chi connectivity index (χ1n) is 8.20.